The van der Waals surface area contributed by atoms with E-state index in [0.29, 0.717) is 12.3 Å². The summed E-state index contributed by atoms with van der Waals surface area (Å²) in [7, 11) is 1.65. The van der Waals surface area contributed by atoms with E-state index in [0.717, 1.165) is 17.6 Å². The topological polar surface area (TPSA) is 67.3 Å². The highest BCUT2D eigenvalue weighted by Gasteiger charge is 2.21. The maximum atomic E-state index is 11.1. The van der Waals surface area contributed by atoms with Crippen molar-refractivity contribution in [2.45, 2.75) is 19.3 Å². The Morgan fingerprint density at radius 2 is 2.22 bits per heavy atom. The van der Waals surface area contributed by atoms with E-state index in [1.807, 2.05) is 18.2 Å². The quantitative estimate of drug-likeness (QED) is 0.624. The molecule has 0 radical (unpaired) electrons. The first-order chi connectivity index (χ1) is 8.53. The first kappa shape index (κ1) is 12.9. The smallest absolute Gasteiger partial charge is 0.408 e. The lowest BCUT2D eigenvalue weighted by molar-refractivity contribution is 0.169. The van der Waals surface area contributed by atoms with Crippen molar-refractivity contribution < 1.29 is 9.15 Å². The molecule has 2 N–H and O–H groups in total. The molecular formula is C13H18N2O3. The molecule has 98 valence electrons. The summed E-state index contributed by atoms with van der Waals surface area (Å²) in [6.45, 7) is 5.55. The summed E-state index contributed by atoms with van der Waals surface area (Å²) in [4.78, 5) is 13.7. The molecule has 0 saturated heterocycles. The van der Waals surface area contributed by atoms with E-state index in [1.54, 1.807) is 7.11 Å². The average Bonchev–Trinajstić information content (AvgIpc) is 2.68. The van der Waals surface area contributed by atoms with Gasteiger partial charge in [-0.05, 0) is 17.7 Å². The Morgan fingerprint density at radius 3 is 2.94 bits per heavy atom. The van der Waals surface area contributed by atoms with Gasteiger partial charge in [0.1, 0.15) is 0 Å². The molecular weight excluding hydrogens is 232 g/mol. The zero-order valence-corrected chi connectivity index (χ0v) is 10.9. The number of ether oxygens (including phenoxy) is 1. The predicted molar refractivity (Wildman–Crippen MR) is 69.7 cm³/mol. The highest BCUT2D eigenvalue weighted by molar-refractivity contribution is 5.73. The maximum absolute atomic E-state index is 11.1. The molecule has 18 heavy (non-hydrogen) atoms. The Morgan fingerprint density at radius 1 is 1.44 bits per heavy atom. The van der Waals surface area contributed by atoms with E-state index < -0.39 is 5.76 Å². The molecule has 0 aliphatic rings. The van der Waals surface area contributed by atoms with Crippen LogP contribution in [0.3, 0.4) is 0 Å². The minimum atomic E-state index is -0.419. The van der Waals surface area contributed by atoms with E-state index in [2.05, 4.69) is 24.1 Å². The standard InChI is InChI=1S/C13H18N2O3/c1-13(2,7-14-8-17-3)9-4-5-10-11(6-9)18-12(16)15-10/h4-6,14H,7-8H2,1-3H3,(H,15,16). The van der Waals surface area contributed by atoms with Crippen molar-refractivity contribution in [2.75, 3.05) is 20.4 Å². The lowest BCUT2D eigenvalue weighted by Crippen LogP contribution is -2.33. The number of oxazole rings is 1. The summed E-state index contributed by atoms with van der Waals surface area (Å²) in [5.74, 6) is -0.419. The highest BCUT2D eigenvalue weighted by atomic mass is 16.5. The molecule has 0 aliphatic heterocycles. The molecule has 0 fully saturated rings. The van der Waals surface area contributed by atoms with Crippen molar-refractivity contribution in [2.24, 2.45) is 0 Å². The Hall–Kier alpha value is -1.59. The molecule has 2 aromatic rings. The number of hydrogen-bond donors (Lipinski definition) is 2. The number of hydrogen-bond acceptors (Lipinski definition) is 4. The average molecular weight is 250 g/mol. The lowest BCUT2D eigenvalue weighted by Gasteiger charge is -2.25. The Balaban J connectivity index is 2.25. The van der Waals surface area contributed by atoms with Crippen molar-refractivity contribution in [1.29, 1.82) is 0 Å². The molecule has 0 saturated carbocycles. The van der Waals surface area contributed by atoms with Gasteiger partial charge in [-0.3, -0.25) is 10.3 Å². The Labute approximate surface area is 105 Å². The normalized spacial score (nSPS) is 12.2. The third-order valence-electron chi connectivity index (χ3n) is 3.02. The molecule has 1 aromatic carbocycles. The van der Waals surface area contributed by atoms with Crippen LogP contribution in [0.2, 0.25) is 0 Å². The largest absolute Gasteiger partial charge is 0.417 e. The van der Waals surface area contributed by atoms with E-state index >= 15 is 0 Å². The van der Waals surface area contributed by atoms with Crippen molar-refractivity contribution in [3.63, 3.8) is 0 Å². The lowest BCUT2D eigenvalue weighted by atomic mass is 9.84. The molecule has 0 bridgehead atoms. The monoisotopic (exact) mass is 250 g/mol. The second kappa shape index (κ2) is 4.96. The van der Waals surface area contributed by atoms with Crippen LogP contribution in [0.1, 0.15) is 19.4 Å². The van der Waals surface area contributed by atoms with Gasteiger partial charge in [-0.2, -0.15) is 0 Å². The number of benzene rings is 1. The van der Waals surface area contributed by atoms with Crippen molar-refractivity contribution >= 4 is 11.1 Å². The molecule has 0 spiro atoms. The molecule has 0 aliphatic carbocycles. The van der Waals surface area contributed by atoms with Gasteiger partial charge in [-0.15, -0.1) is 0 Å². The highest BCUT2D eigenvalue weighted by Crippen LogP contribution is 2.25. The van der Waals surface area contributed by atoms with Crippen LogP contribution in [-0.2, 0) is 10.2 Å². The first-order valence-corrected chi connectivity index (χ1v) is 5.86. The molecule has 2 rings (SSSR count). The van der Waals surface area contributed by atoms with E-state index in [9.17, 15) is 4.79 Å². The van der Waals surface area contributed by atoms with Crippen LogP contribution in [-0.4, -0.2) is 25.4 Å². The van der Waals surface area contributed by atoms with Crippen LogP contribution < -0.4 is 11.1 Å². The van der Waals surface area contributed by atoms with Gasteiger partial charge in [0.25, 0.3) is 0 Å². The van der Waals surface area contributed by atoms with Gasteiger partial charge in [-0.1, -0.05) is 19.9 Å². The van der Waals surface area contributed by atoms with E-state index in [-0.39, 0.29) is 5.41 Å². The van der Waals surface area contributed by atoms with Crippen LogP contribution >= 0.6 is 0 Å². The molecule has 5 nitrogen and oxygen atoms in total. The van der Waals surface area contributed by atoms with Crippen LogP contribution in [0.5, 0.6) is 0 Å². The second-order valence-corrected chi connectivity index (χ2v) is 4.97. The molecule has 0 amide bonds. The van der Waals surface area contributed by atoms with Crippen molar-refractivity contribution in [1.82, 2.24) is 10.3 Å². The van der Waals surface area contributed by atoms with Crippen LogP contribution in [0, 0.1) is 0 Å². The number of nitrogens with one attached hydrogen (secondary N) is 2. The summed E-state index contributed by atoms with van der Waals surface area (Å²) < 4.78 is 10.0. The molecule has 1 heterocycles. The minimum absolute atomic E-state index is 0.0669. The van der Waals surface area contributed by atoms with E-state index in [1.165, 1.54) is 0 Å². The fraction of sp³-hybridized carbons (Fsp3) is 0.462. The number of aromatic nitrogens is 1. The zero-order chi connectivity index (χ0) is 13.2. The molecule has 0 unspecified atom stereocenters. The Kier molecular flexibility index (Phi) is 3.54. The number of fused-ring (bicyclic) bond motifs is 1. The van der Waals surface area contributed by atoms with Gasteiger partial charge in [-0.25, -0.2) is 4.79 Å². The van der Waals surface area contributed by atoms with Gasteiger partial charge in [0, 0.05) is 19.1 Å². The Bertz CT molecular complexity index is 583. The van der Waals surface area contributed by atoms with Crippen LogP contribution in [0.4, 0.5) is 0 Å². The number of aromatic amines is 1. The first-order valence-electron chi connectivity index (χ1n) is 5.86. The summed E-state index contributed by atoms with van der Waals surface area (Å²) >= 11 is 0. The predicted octanol–water partition coefficient (Wildman–Crippen LogP) is 1.59. The molecule has 1 aromatic heterocycles. The third-order valence-corrected chi connectivity index (χ3v) is 3.02. The summed E-state index contributed by atoms with van der Waals surface area (Å²) in [5.41, 5.74) is 2.37. The second-order valence-electron chi connectivity index (χ2n) is 4.97. The minimum Gasteiger partial charge on any atom is -0.408 e. The van der Waals surface area contributed by atoms with Crippen molar-refractivity contribution in [3.8, 4) is 0 Å². The van der Waals surface area contributed by atoms with Crippen LogP contribution in [0.25, 0.3) is 11.1 Å². The number of rotatable bonds is 5. The molecule has 5 heteroatoms. The fourth-order valence-electron chi connectivity index (χ4n) is 1.93. The fourth-order valence-corrected chi connectivity index (χ4v) is 1.93. The maximum Gasteiger partial charge on any atom is 0.417 e. The van der Waals surface area contributed by atoms with Gasteiger partial charge >= 0.3 is 5.76 Å². The summed E-state index contributed by atoms with van der Waals surface area (Å²) in [6.07, 6.45) is 0. The number of methoxy groups -OCH3 is 1. The number of H-pyrrole nitrogens is 1. The SMILES string of the molecule is COCNCC(C)(C)c1ccc2[nH]c(=O)oc2c1. The van der Waals surface area contributed by atoms with Crippen LogP contribution in [0.15, 0.2) is 27.4 Å². The third kappa shape index (κ3) is 2.63. The van der Waals surface area contributed by atoms with E-state index in [4.69, 9.17) is 9.15 Å². The zero-order valence-electron chi connectivity index (χ0n) is 10.9. The summed E-state index contributed by atoms with van der Waals surface area (Å²) in [6, 6.07) is 5.78. The summed E-state index contributed by atoms with van der Waals surface area (Å²) in [5, 5.41) is 3.20. The van der Waals surface area contributed by atoms with Gasteiger partial charge in [0.2, 0.25) is 0 Å². The van der Waals surface area contributed by atoms with Gasteiger partial charge in [0.15, 0.2) is 5.58 Å². The van der Waals surface area contributed by atoms with Gasteiger partial charge in [0.05, 0.1) is 12.2 Å². The van der Waals surface area contributed by atoms with Gasteiger partial charge < -0.3 is 9.15 Å². The molecule has 0 atom stereocenters. The van der Waals surface area contributed by atoms with Crippen molar-refractivity contribution in [3.05, 3.63) is 34.3 Å².